The van der Waals surface area contributed by atoms with Gasteiger partial charge in [0.05, 0.1) is 0 Å². The molecule has 1 aromatic heterocycles. The van der Waals surface area contributed by atoms with Gasteiger partial charge in [0.1, 0.15) is 29.4 Å². The van der Waals surface area contributed by atoms with Crippen molar-refractivity contribution in [2.75, 3.05) is 0 Å². The zero-order valence-electron chi connectivity index (χ0n) is 17.6. The van der Waals surface area contributed by atoms with Crippen molar-refractivity contribution in [3.05, 3.63) is 66.0 Å². The Balaban J connectivity index is 2.02. The van der Waals surface area contributed by atoms with E-state index in [0.29, 0.717) is 5.56 Å². The highest BCUT2D eigenvalue weighted by atomic mass is 31.2. The number of aliphatic carboxylic acids is 1. The summed E-state index contributed by atoms with van der Waals surface area (Å²) in [4.78, 5) is 44.7. The number of pyridine rings is 1. The van der Waals surface area contributed by atoms with Crippen LogP contribution in [0.15, 0.2) is 54.9 Å². The number of hydrogen-bond acceptors (Lipinski definition) is 9. The van der Waals surface area contributed by atoms with E-state index in [1.54, 1.807) is 18.2 Å². The van der Waals surface area contributed by atoms with Crippen molar-refractivity contribution in [2.24, 2.45) is 11.5 Å². The number of carbonyl (C=O) groups is 2. The molecule has 2 heterocycles. The number of aromatic nitrogens is 1. The summed E-state index contributed by atoms with van der Waals surface area (Å²) in [6.07, 6.45) is -6.95. The molecule has 0 aliphatic carbocycles. The zero-order chi connectivity index (χ0) is 25.3. The number of hydrogen-bond donors (Lipinski definition) is 6. The van der Waals surface area contributed by atoms with Gasteiger partial charge < -0.3 is 45.8 Å². The molecule has 0 saturated carbocycles. The fourth-order valence-electron chi connectivity index (χ4n) is 3.80. The van der Waals surface area contributed by atoms with Gasteiger partial charge in [-0.25, -0.2) is 0 Å². The SMILES string of the molecule is NC(=O)c1ccc[n+]([C@@H]2O[C@@H](C(OP(=O)([O-])O)[C@@](N)(Cc3ccccc3)C(=O)O)[C@@H](O)[C@H]2O)c1. The summed E-state index contributed by atoms with van der Waals surface area (Å²) in [5, 5.41) is 31.2. The fraction of sp³-hybridized carbons (Fsp3) is 0.350. The average Bonchev–Trinajstić information content (AvgIpc) is 3.06. The molecular formula is C20H24N3O10P. The molecule has 8 N–H and O–H groups in total. The molecule has 1 aromatic carbocycles. The van der Waals surface area contributed by atoms with E-state index < -0.39 is 62.3 Å². The van der Waals surface area contributed by atoms with E-state index in [0.717, 1.165) is 0 Å². The zero-order valence-corrected chi connectivity index (χ0v) is 18.5. The Labute approximate surface area is 193 Å². The first kappa shape index (κ1) is 25.9. The Kier molecular flexibility index (Phi) is 7.50. The van der Waals surface area contributed by atoms with E-state index >= 15 is 0 Å². The van der Waals surface area contributed by atoms with Crippen molar-refractivity contribution in [3.63, 3.8) is 0 Å². The second kappa shape index (κ2) is 9.86. The van der Waals surface area contributed by atoms with E-state index in [9.17, 15) is 39.3 Å². The Bertz CT molecular complexity index is 1100. The molecule has 7 atom stereocenters. The van der Waals surface area contributed by atoms with Crippen LogP contribution in [-0.2, 0) is 25.0 Å². The largest absolute Gasteiger partial charge is 0.756 e. The number of primary amides is 1. The lowest BCUT2D eigenvalue weighted by molar-refractivity contribution is -0.766. The van der Waals surface area contributed by atoms with E-state index in [1.165, 1.54) is 41.2 Å². The monoisotopic (exact) mass is 497 g/mol. The topological polar surface area (TPSA) is 230 Å². The van der Waals surface area contributed by atoms with Crippen LogP contribution in [0.2, 0.25) is 0 Å². The molecule has 0 radical (unpaired) electrons. The predicted octanol–water partition coefficient (Wildman–Crippen LogP) is -2.44. The van der Waals surface area contributed by atoms with E-state index in [2.05, 4.69) is 4.52 Å². The van der Waals surface area contributed by atoms with Crippen LogP contribution in [0, 0.1) is 0 Å². The number of aliphatic hydroxyl groups is 2. The minimum atomic E-state index is -5.61. The third-order valence-electron chi connectivity index (χ3n) is 5.47. The molecule has 1 amide bonds. The Morgan fingerprint density at radius 1 is 1.21 bits per heavy atom. The Hall–Kier alpha value is -2.74. The van der Waals surface area contributed by atoms with Gasteiger partial charge in [0, 0.05) is 12.5 Å². The van der Waals surface area contributed by atoms with Crippen molar-refractivity contribution >= 4 is 19.7 Å². The van der Waals surface area contributed by atoms with Gasteiger partial charge in [-0.1, -0.05) is 30.3 Å². The van der Waals surface area contributed by atoms with Crippen molar-refractivity contribution < 1.29 is 53.1 Å². The van der Waals surface area contributed by atoms with Crippen molar-refractivity contribution in [1.82, 2.24) is 0 Å². The number of carboxylic acid groups (broad SMARTS) is 1. The standard InChI is InChI=1S/C20H24N3O10P/c21-17(26)12-7-4-8-23(10-12)18-14(25)13(24)15(32-18)16(33-34(29,30)31)20(22,19(27)28)9-11-5-2-1-3-6-11/h1-8,10,13-16,18,24-25H,9,22H2,(H4-,21,26,27,28,29,30,31)/t13-,14+,15+,16?,18+,20-/m0/s1. The van der Waals surface area contributed by atoms with Crippen molar-refractivity contribution in [1.29, 1.82) is 0 Å². The molecular weight excluding hydrogens is 473 g/mol. The maximum Gasteiger partial charge on any atom is 0.326 e. The fourth-order valence-corrected chi connectivity index (χ4v) is 4.40. The first-order chi connectivity index (χ1) is 15.8. The Morgan fingerprint density at radius 3 is 2.41 bits per heavy atom. The van der Waals surface area contributed by atoms with Crippen molar-refractivity contribution in [3.8, 4) is 0 Å². The number of carboxylic acids is 1. The number of carbonyl (C=O) groups excluding carboxylic acids is 1. The molecule has 2 unspecified atom stereocenters. The minimum absolute atomic E-state index is 0.0336. The number of phosphoric acid groups is 1. The number of nitrogens with two attached hydrogens (primary N) is 2. The van der Waals surface area contributed by atoms with E-state index in [-0.39, 0.29) is 5.56 Å². The first-order valence-corrected chi connectivity index (χ1v) is 11.4. The number of amides is 1. The second-order valence-electron chi connectivity index (χ2n) is 7.88. The van der Waals surface area contributed by atoms with E-state index in [4.69, 9.17) is 16.2 Å². The molecule has 2 aromatic rings. The quantitative estimate of drug-likeness (QED) is 0.157. The third kappa shape index (κ3) is 5.49. The van der Waals surface area contributed by atoms with Crippen LogP contribution in [0.1, 0.15) is 22.1 Å². The highest BCUT2D eigenvalue weighted by Crippen LogP contribution is 2.41. The van der Waals surface area contributed by atoms with Crippen molar-refractivity contribution in [2.45, 2.75) is 42.6 Å². The van der Waals surface area contributed by atoms with E-state index in [1.807, 2.05) is 0 Å². The molecule has 184 valence electrons. The lowest BCUT2D eigenvalue weighted by Gasteiger charge is -2.39. The van der Waals surface area contributed by atoms with Gasteiger partial charge >= 0.3 is 5.97 Å². The summed E-state index contributed by atoms with van der Waals surface area (Å²) < 4.78 is 23.1. The van der Waals surface area contributed by atoms with Crippen LogP contribution in [0.5, 0.6) is 0 Å². The number of phosphoric ester groups is 1. The summed E-state index contributed by atoms with van der Waals surface area (Å²) in [6.45, 7) is 0. The summed E-state index contributed by atoms with van der Waals surface area (Å²) >= 11 is 0. The number of rotatable bonds is 9. The third-order valence-corrected chi connectivity index (χ3v) is 5.96. The maximum absolute atomic E-state index is 12.2. The van der Waals surface area contributed by atoms with Crippen LogP contribution < -0.4 is 20.9 Å². The maximum atomic E-state index is 12.2. The predicted molar refractivity (Wildman–Crippen MR) is 110 cm³/mol. The number of benzene rings is 1. The Morgan fingerprint density at radius 2 is 1.85 bits per heavy atom. The molecule has 1 fully saturated rings. The van der Waals surface area contributed by atoms with Gasteiger partial charge in [0.2, 0.25) is 0 Å². The molecule has 0 spiro atoms. The van der Waals surface area contributed by atoms with Crippen LogP contribution in [0.4, 0.5) is 0 Å². The average molecular weight is 497 g/mol. The van der Waals surface area contributed by atoms with Crippen LogP contribution in [0.25, 0.3) is 0 Å². The highest BCUT2D eigenvalue weighted by Gasteiger charge is 2.59. The van der Waals surface area contributed by atoms with Gasteiger partial charge in [-0.2, -0.15) is 4.57 Å². The number of nitrogens with zero attached hydrogens (tertiary/aromatic N) is 1. The van der Waals surface area contributed by atoms with Crippen LogP contribution in [0.3, 0.4) is 0 Å². The summed E-state index contributed by atoms with van der Waals surface area (Å²) in [6, 6.07) is 10.7. The summed E-state index contributed by atoms with van der Waals surface area (Å²) in [7, 11) is -5.61. The minimum Gasteiger partial charge on any atom is -0.756 e. The summed E-state index contributed by atoms with van der Waals surface area (Å²) in [5.74, 6) is -2.51. The van der Waals surface area contributed by atoms with Crippen LogP contribution in [-0.4, -0.2) is 62.0 Å². The molecule has 0 bridgehead atoms. The van der Waals surface area contributed by atoms with Gasteiger partial charge in [0.25, 0.3) is 20.0 Å². The lowest BCUT2D eigenvalue weighted by Crippen LogP contribution is -2.65. The van der Waals surface area contributed by atoms with Gasteiger partial charge in [-0.05, 0) is 11.6 Å². The molecule has 1 aliphatic rings. The highest BCUT2D eigenvalue weighted by molar-refractivity contribution is 7.44. The number of aliphatic hydroxyl groups excluding tert-OH is 2. The van der Waals surface area contributed by atoms with Gasteiger partial charge in [0.15, 0.2) is 18.5 Å². The lowest BCUT2D eigenvalue weighted by atomic mass is 9.82. The molecule has 1 saturated heterocycles. The van der Waals surface area contributed by atoms with Gasteiger partial charge in [-0.3, -0.25) is 14.2 Å². The smallest absolute Gasteiger partial charge is 0.326 e. The van der Waals surface area contributed by atoms with Gasteiger partial charge in [-0.15, -0.1) is 0 Å². The first-order valence-electron chi connectivity index (χ1n) is 9.94. The molecule has 14 heteroatoms. The molecule has 13 nitrogen and oxygen atoms in total. The molecule has 1 aliphatic heterocycles. The van der Waals surface area contributed by atoms with Crippen LogP contribution >= 0.6 is 7.82 Å². The molecule has 3 rings (SSSR count). The normalized spacial score (nSPS) is 26.9. The molecule has 34 heavy (non-hydrogen) atoms. The summed E-state index contributed by atoms with van der Waals surface area (Å²) in [5.41, 5.74) is 9.25. The second-order valence-corrected chi connectivity index (χ2v) is 9.03. The number of ether oxygens (including phenoxy) is 1.